The monoisotopic (exact) mass is 515 g/mol. The van der Waals surface area contributed by atoms with Crippen molar-refractivity contribution in [1.29, 1.82) is 0 Å². The van der Waals surface area contributed by atoms with E-state index < -0.39 is 11.9 Å². The van der Waals surface area contributed by atoms with Crippen molar-refractivity contribution in [3.63, 3.8) is 0 Å². The van der Waals surface area contributed by atoms with Gasteiger partial charge in [0.1, 0.15) is 23.9 Å². The van der Waals surface area contributed by atoms with E-state index in [1.54, 1.807) is 41.1 Å². The lowest BCUT2D eigenvalue weighted by Crippen LogP contribution is -2.42. The molecule has 0 atom stereocenters. The fourth-order valence-electron chi connectivity index (χ4n) is 3.96. The molecule has 0 spiro atoms. The highest BCUT2D eigenvalue weighted by Crippen LogP contribution is 2.26. The first-order valence-electron chi connectivity index (χ1n) is 12.2. The molecule has 0 aliphatic rings. The average Bonchev–Trinajstić information content (AvgIpc) is 3.32. The van der Waals surface area contributed by atoms with Crippen LogP contribution < -0.4 is 15.4 Å². The molecule has 0 saturated carbocycles. The summed E-state index contributed by atoms with van der Waals surface area (Å²) in [4.78, 5) is 27.8. The predicted octanol–water partition coefficient (Wildman–Crippen LogP) is 5.82. The molecule has 9 heteroatoms. The van der Waals surface area contributed by atoms with Crippen molar-refractivity contribution in [3.8, 4) is 22.7 Å². The van der Waals surface area contributed by atoms with Gasteiger partial charge in [0.2, 0.25) is 5.91 Å². The molecular formula is C29H30FN5O3. The summed E-state index contributed by atoms with van der Waals surface area (Å²) in [5, 5.41) is 10.4. The minimum absolute atomic E-state index is 0.126. The van der Waals surface area contributed by atoms with E-state index in [9.17, 15) is 14.0 Å². The molecule has 1 aromatic heterocycles. The molecule has 38 heavy (non-hydrogen) atoms. The van der Waals surface area contributed by atoms with Crippen LogP contribution in [0.1, 0.15) is 13.8 Å². The second-order valence-electron chi connectivity index (χ2n) is 9.12. The number of halogens is 1. The van der Waals surface area contributed by atoms with E-state index in [-0.39, 0.29) is 18.3 Å². The van der Waals surface area contributed by atoms with E-state index >= 15 is 0 Å². The number of urea groups is 1. The fourth-order valence-corrected chi connectivity index (χ4v) is 3.96. The highest BCUT2D eigenvalue weighted by Gasteiger charge is 2.21. The van der Waals surface area contributed by atoms with Crippen LogP contribution in [0.25, 0.3) is 16.9 Å². The first kappa shape index (κ1) is 26.4. The Labute approximate surface area is 221 Å². The van der Waals surface area contributed by atoms with E-state index in [1.807, 2.05) is 50.2 Å². The number of hydrogen-bond acceptors (Lipinski definition) is 4. The van der Waals surface area contributed by atoms with Crippen LogP contribution in [0.3, 0.4) is 0 Å². The highest BCUT2D eigenvalue weighted by molar-refractivity contribution is 5.97. The van der Waals surface area contributed by atoms with Crippen molar-refractivity contribution < 1.29 is 18.7 Å². The minimum atomic E-state index is -0.421. The van der Waals surface area contributed by atoms with Crippen molar-refractivity contribution in [2.45, 2.75) is 13.8 Å². The number of methoxy groups -OCH3 is 1. The fraction of sp³-hybridized carbons (Fsp3) is 0.207. The minimum Gasteiger partial charge on any atom is -0.495 e. The first-order chi connectivity index (χ1) is 18.3. The molecule has 0 bridgehead atoms. The Kier molecular flexibility index (Phi) is 8.37. The van der Waals surface area contributed by atoms with E-state index in [1.165, 1.54) is 24.1 Å². The summed E-state index contributed by atoms with van der Waals surface area (Å²) in [6.07, 6.45) is 0. The van der Waals surface area contributed by atoms with Gasteiger partial charge in [-0.25, -0.2) is 13.9 Å². The number of carbonyl (C=O) groups is 2. The van der Waals surface area contributed by atoms with Crippen LogP contribution >= 0.6 is 0 Å². The summed E-state index contributed by atoms with van der Waals surface area (Å²) in [6, 6.07) is 23.8. The number of aromatic nitrogens is 2. The standard InChI is InChI=1S/C29H30FN5O3/c1-20(2)18-34(29(37)31-24-11-7-8-12-26(24)38-3)19-28(36)32-27-17-25(21-9-5-4-6-10-21)33-35(27)23-15-13-22(30)14-16-23/h4-17,20H,18-19H2,1-3H3,(H,31,37)(H,32,36). The lowest BCUT2D eigenvalue weighted by atomic mass is 10.1. The van der Waals surface area contributed by atoms with Crippen LogP contribution in [0.15, 0.2) is 84.9 Å². The topological polar surface area (TPSA) is 88.5 Å². The van der Waals surface area contributed by atoms with Gasteiger partial charge in [0, 0.05) is 18.2 Å². The number of rotatable bonds is 9. The maximum Gasteiger partial charge on any atom is 0.322 e. The molecule has 8 nitrogen and oxygen atoms in total. The van der Waals surface area contributed by atoms with Gasteiger partial charge in [-0.3, -0.25) is 4.79 Å². The van der Waals surface area contributed by atoms with Crippen molar-refractivity contribution in [1.82, 2.24) is 14.7 Å². The zero-order valence-corrected chi connectivity index (χ0v) is 21.5. The number of amides is 3. The third kappa shape index (κ3) is 6.56. The molecule has 3 aromatic carbocycles. The van der Waals surface area contributed by atoms with Crippen molar-refractivity contribution >= 4 is 23.4 Å². The second-order valence-corrected chi connectivity index (χ2v) is 9.12. The molecule has 3 amide bonds. The van der Waals surface area contributed by atoms with Gasteiger partial charge in [0.05, 0.1) is 24.2 Å². The predicted molar refractivity (Wildman–Crippen MR) is 146 cm³/mol. The van der Waals surface area contributed by atoms with Crippen molar-refractivity contribution in [3.05, 3.63) is 90.7 Å². The molecule has 4 aromatic rings. The number of hydrogen-bond donors (Lipinski definition) is 2. The average molecular weight is 516 g/mol. The molecular weight excluding hydrogens is 485 g/mol. The third-order valence-electron chi connectivity index (χ3n) is 5.67. The number of nitrogens with zero attached hydrogens (tertiary/aromatic N) is 3. The number of carbonyl (C=O) groups excluding carboxylic acids is 2. The second kappa shape index (κ2) is 12.1. The maximum absolute atomic E-state index is 13.6. The van der Waals surface area contributed by atoms with Crippen LogP contribution in [0.2, 0.25) is 0 Å². The van der Waals surface area contributed by atoms with Crippen LogP contribution in [0.5, 0.6) is 5.75 Å². The molecule has 0 radical (unpaired) electrons. The molecule has 2 N–H and O–H groups in total. The summed E-state index contributed by atoms with van der Waals surface area (Å²) in [5.74, 6) is 0.269. The quantitative estimate of drug-likeness (QED) is 0.294. The van der Waals surface area contributed by atoms with E-state index in [0.29, 0.717) is 35.2 Å². The Morgan fingerprint density at radius 3 is 2.34 bits per heavy atom. The largest absolute Gasteiger partial charge is 0.495 e. The molecule has 1 heterocycles. The lowest BCUT2D eigenvalue weighted by Gasteiger charge is -2.25. The zero-order valence-electron chi connectivity index (χ0n) is 21.5. The van der Waals surface area contributed by atoms with Gasteiger partial charge in [-0.1, -0.05) is 56.3 Å². The molecule has 196 valence electrons. The normalized spacial score (nSPS) is 10.8. The summed E-state index contributed by atoms with van der Waals surface area (Å²) < 4.78 is 20.4. The van der Waals surface area contributed by atoms with Gasteiger partial charge in [-0.2, -0.15) is 5.10 Å². The van der Waals surface area contributed by atoms with E-state index in [2.05, 4.69) is 15.7 Å². The Hall–Kier alpha value is -4.66. The van der Waals surface area contributed by atoms with E-state index in [4.69, 9.17) is 4.74 Å². The zero-order chi connectivity index (χ0) is 27.1. The highest BCUT2D eigenvalue weighted by atomic mass is 19.1. The SMILES string of the molecule is COc1ccccc1NC(=O)N(CC(=O)Nc1cc(-c2ccccc2)nn1-c1ccc(F)cc1)CC(C)C. The van der Waals surface area contributed by atoms with Gasteiger partial charge in [-0.05, 0) is 42.3 Å². The summed E-state index contributed by atoms with van der Waals surface area (Å²) in [6.45, 7) is 4.11. The van der Waals surface area contributed by atoms with Crippen molar-refractivity contribution in [2.24, 2.45) is 5.92 Å². The van der Waals surface area contributed by atoms with E-state index in [0.717, 1.165) is 5.56 Å². The number of ether oxygens (including phenoxy) is 1. The van der Waals surface area contributed by atoms with Crippen LogP contribution in [0.4, 0.5) is 20.7 Å². The Morgan fingerprint density at radius 1 is 0.974 bits per heavy atom. The molecule has 0 fully saturated rings. The molecule has 4 rings (SSSR count). The van der Waals surface area contributed by atoms with Gasteiger partial charge < -0.3 is 20.3 Å². The number of benzene rings is 3. The summed E-state index contributed by atoms with van der Waals surface area (Å²) >= 11 is 0. The summed E-state index contributed by atoms with van der Waals surface area (Å²) in [7, 11) is 1.53. The van der Waals surface area contributed by atoms with Crippen LogP contribution in [-0.4, -0.2) is 46.8 Å². The molecule has 0 aliphatic heterocycles. The van der Waals surface area contributed by atoms with Gasteiger partial charge in [0.15, 0.2) is 0 Å². The smallest absolute Gasteiger partial charge is 0.322 e. The molecule has 0 aliphatic carbocycles. The number of anilines is 2. The lowest BCUT2D eigenvalue weighted by molar-refractivity contribution is -0.116. The van der Waals surface area contributed by atoms with Crippen LogP contribution in [0, 0.1) is 11.7 Å². The number of para-hydroxylation sites is 2. The number of nitrogens with one attached hydrogen (secondary N) is 2. The van der Waals surface area contributed by atoms with Gasteiger partial charge in [-0.15, -0.1) is 0 Å². The summed E-state index contributed by atoms with van der Waals surface area (Å²) in [5.41, 5.74) is 2.59. The van der Waals surface area contributed by atoms with Crippen molar-refractivity contribution in [2.75, 3.05) is 30.8 Å². The van der Waals surface area contributed by atoms with Gasteiger partial charge >= 0.3 is 6.03 Å². The third-order valence-corrected chi connectivity index (χ3v) is 5.67. The molecule has 0 saturated heterocycles. The maximum atomic E-state index is 13.6. The Balaban J connectivity index is 1.57. The molecule has 0 unspecified atom stereocenters. The Bertz CT molecular complexity index is 1390. The Morgan fingerprint density at radius 2 is 1.66 bits per heavy atom. The van der Waals surface area contributed by atoms with Gasteiger partial charge in [0.25, 0.3) is 0 Å². The van der Waals surface area contributed by atoms with Crippen LogP contribution in [-0.2, 0) is 4.79 Å². The first-order valence-corrected chi connectivity index (χ1v) is 12.2.